The number of urea groups is 1. The Morgan fingerprint density at radius 1 is 1.26 bits per heavy atom. The molecule has 0 unspecified atom stereocenters. The molecule has 1 aromatic carbocycles. The highest BCUT2D eigenvalue weighted by molar-refractivity contribution is 7.99. The Kier molecular flexibility index (Phi) is 7.81. The van der Waals surface area contributed by atoms with Crippen LogP contribution in [0.4, 0.5) is 23.7 Å². The first-order chi connectivity index (χ1) is 12.7. The topological polar surface area (TPSA) is 53.6 Å². The number of morpholine rings is 1. The van der Waals surface area contributed by atoms with Gasteiger partial charge >= 0.3 is 12.2 Å². The summed E-state index contributed by atoms with van der Waals surface area (Å²) in [6.45, 7) is 7.56. The Morgan fingerprint density at radius 2 is 1.93 bits per heavy atom. The predicted octanol–water partition coefficient (Wildman–Crippen LogP) is 3.96. The van der Waals surface area contributed by atoms with E-state index < -0.39 is 18.0 Å². The minimum absolute atomic E-state index is 0.203. The Hall–Kier alpha value is -1.45. The highest BCUT2D eigenvalue weighted by Gasteiger charge is 2.32. The van der Waals surface area contributed by atoms with Gasteiger partial charge in [0.15, 0.2) is 0 Å². The highest BCUT2D eigenvalue weighted by atomic mass is 32.2. The molecule has 2 N–H and O–H groups in total. The molecule has 9 heteroatoms. The van der Waals surface area contributed by atoms with E-state index >= 15 is 0 Å². The van der Waals surface area contributed by atoms with Crippen LogP contribution >= 0.6 is 11.8 Å². The molecule has 1 aliphatic rings. The second-order valence-corrected chi connectivity index (χ2v) is 7.67. The van der Waals surface area contributed by atoms with Gasteiger partial charge in [0, 0.05) is 30.1 Å². The number of amides is 2. The summed E-state index contributed by atoms with van der Waals surface area (Å²) in [6, 6.07) is 6.06. The summed E-state index contributed by atoms with van der Waals surface area (Å²) in [5.74, 6) is -1.00. The van der Waals surface area contributed by atoms with Gasteiger partial charge in [-0.2, -0.15) is 13.2 Å². The van der Waals surface area contributed by atoms with E-state index in [1.165, 1.54) is 0 Å². The molecule has 0 aliphatic carbocycles. The lowest BCUT2D eigenvalue weighted by Crippen LogP contribution is -2.57. The molecule has 1 saturated heterocycles. The van der Waals surface area contributed by atoms with Gasteiger partial charge in [-0.05, 0) is 25.5 Å². The number of nitrogens with one attached hydrogen (secondary N) is 2. The van der Waals surface area contributed by atoms with Crippen molar-refractivity contribution in [3.63, 3.8) is 0 Å². The first-order valence-electron chi connectivity index (χ1n) is 8.90. The van der Waals surface area contributed by atoms with E-state index in [4.69, 9.17) is 4.74 Å². The van der Waals surface area contributed by atoms with E-state index in [0.717, 1.165) is 19.5 Å². The molecule has 1 aromatic rings. The number of para-hydroxylation sites is 1. The van der Waals surface area contributed by atoms with Gasteiger partial charge in [-0.25, -0.2) is 4.79 Å². The van der Waals surface area contributed by atoms with Gasteiger partial charge in [0.1, 0.15) is 0 Å². The molecule has 1 aliphatic heterocycles. The van der Waals surface area contributed by atoms with Gasteiger partial charge in [0.05, 0.1) is 24.7 Å². The fourth-order valence-electron chi connectivity index (χ4n) is 2.86. The zero-order chi connectivity index (χ0) is 19.9. The maximum Gasteiger partial charge on any atom is 0.398 e. The number of nitrogens with zero attached hydrogens (tertiary/aromatic N) is 1. The lowest BCUT2D eigenvalue weighted by Gasteiger charge is -2.43. The van der Waals surface area contributed by atoms with E-state index in [-0.39, 0.29) is 5.54 Å². The van der Waals surface area contributed by atoms with Crippen molar-refractivity contribution in [3.8, 4) is 0 Å². The molecule has 0 saturated carbocycles. The molecule has 0 bridgehead atoms. The smallest absolute Gasteiger partial charge is 0.379 e. The van der Waals surface area contributed by atoms with Crippen molar-refractivity contribution < 1.29 is 22.7 Å². The fraction of sp³-hybridized carbons (Fsp3) is 0.611. The summed E-state index contributed by atoms with van der Waals surface area (Å²) in [5, 5.41) is 5.52. The molecule has 1 heterocycles. The van der Waals surface area contributed by atoms with Gasteiger partial charge in [-0.3, -0.25) is 4.90 Å². The maximum atomic E-state index is 12.5. The molecule has 5 nitrogen and oxygen atoms in total. The molecule has 2 rings (SSSR count). The standard InChI is InChI=1S/C18H26F3N3O2S/c1-3-17(2,24-8-10-26-11-9-24)12-22-16(25)23-14-6-4-5-7-15(14)27-13-18(19,20)21/h4-7H,3,8-13H2,1-2H3,(H2,22,23,25)/t17-/m1/s1. The Labute approximate surface area is 162 Å². The third kappa shape index (κ3) is 6.90. The summed E-state index contributed by atoms with van der Waals surface area (Å²) in [4.78, 5) is 15.0. The number of carbonyl (C=O) groups is 1. The number of benzene rings is 1. The van der Waals surface area contributed by atoms with Crippen molar-refractivity contribution in [2.45, 2.75) is 36.9 Å². The summed E-state index contributed by atoms with van der Waals surface area (Å²) in [6.07, 6.45) is -3.41. The van der Waals surface area contributed by atoms with Gasteiger partial charge < -0.3 is 15.4 Å². The molecule has 2 amide bonds. The van der Waals surface area contributed by atoms with Crippen LogP contribution in [0.5, 0.6) is 0 Å². The SMILES string of the molecule is CC[C@](C)(CNC(=O)Nc1ccccc1SCC(F)(F)F)N1CCOCC1. The van der Waals surface area contributed by atoms with Crippen LogP contribution in [0, 0.1) is 0 Å². The fourth-order valence-corrected chi connectivity index (χ4v) is 3.62. The number of hydrogen-bond acceptors (Lipinski definition) is 4. The number of hydrogen-bond donors (Lipinski definition) is 2. The number of ether oxygens (including phenoxy) is 1. The maximum absolute atomic E-state index is 12.5. The minimum Gasteiger partial charge on any atom is -0.379 e. The van der Waals surface area contributed by atoms with Crippen LogP contribution < -0.4 is 10.6 Å². The molecular formula is C18H26F3N3O2S. The van der Waals surface area contributed by atoms with Crippen LogP contribution in [0.3, 0.4) is 0 Å². The number of halogens is 3. The molecule has 152 valence electrons. The van der Waals surface area contributed by atoms with Crippen molar-refractivity contribution in [1.29, 1.82) is 0 Å². The molecule has 0 aromatic heterocycles. The van der Waals surface area contributed by atoms with Gasteiger partial charge in [0.25, 0.3) is 0 Å². The Balaban J connectivity index is 1.93. The van der Waals surface area contributed by atoms with Gasteiger partial charge in [-0.15, -0.1) is 11.8 Å². The second kappa shape index (κ2) is 9.66. The number of anilines is 1. The van der Waals surface area contributed by atoms with E-state index in [2.05, 4.69) is 29.4 Å². The molecule has 0 spiro atoms. The normalized spacial score (nSPS) is 18.0. The van der Waals surface area contributed by atoms with Crippen LogP contribution in [0.25, 0.3) is 0 Å². The molecule has 1 atom stereocenters. The zero-order valence-electron chi connectivity index (χ0n) is 15.6. The number of thioether (sulfide) groups is 1. The largest absolute Gasteiger partial charge is 0.398 e. The van der Waals surface area contributed by atoms with Crippen LogP contribution in [0.1, 0.15) is 20.3 Å². The number of rotatable bonds is 7. The Morgan fingerprint density at radius 3 is 2.56 bits per heavy atom. The minimum atomic E-state index is -4.26. The summed E-state index contributed by atoms with van der Waals surface area (Å²) in [5.41, 5.74) is 0.167. The monoisotopic (exact) mass is 405 g/mol. The van der Waals surface area contributed by atoms with E-state index in [9.17, 15) is 18.0 Å². The molecular weight excluding hydrogens is 379 g/mol. The highest BCUT2D eigenvalue weighted by Crippen LogP contribution is 2.32. The molecule has 1 fully saturated rings. The van der Waals surface area contributed by atoms with Crippen molar-refractivity contribution in [3.05, 3.63) is 24.3 Å². The number of carbonyl (C=O) groups excluding carboxylic acids is 1. The van der Waals surface area contributed by atoms with Crippen LogP contribution in [-0.2, 0) is 4.74 Å². The summed E-state index contributed by atoms with van der Waals surface area (Å²) in [7, 11) is 0. The number of alkyl halides is 3. The second-order valence-electron chi connectivity index (χ2n) is 6.66. The van der Waals surface area contributed by atoms with Crippen molar-refractivity contribution in [1.82, 2.24) is 10.2 Å². The quantitative estimate of drug-likeness (QED) is 0.674. The first kappa shape index (κ1) is 21.8. The van der Waals surface area contributed by atoms with Crippen LogP contribution in [-0.4, -0.2) is 61.2 Å². The molecule has 0 radical (unpaired) electrons. The first-order valence-corrected chi connectivity index (χ1v) is 9.88. The van der Waals surface area contributed by atoms with Crippen molar-refractivity contribution in [2.24, 2.45) is 0 Å². The van der Waals surface area contributed by atoms with E-state index in [1.807, 2.05) is 0 Å². The van der Waals surface area contributed by atoms with Crippen LogP contribution in [0.2, 0.25) is 0 Å². The molecule has 27 heavy (non-hydrogen) atoms. The van der Waals surface area contributed by atoms with Crippen LogP contribution in [0.15, 0.2) is 29.2 Å². The van der Waals surface area contributed by atoms with E-state index in [1.54, 1.807) is 24.3 Å². The van der Waals surface area contributed by atoms with Gasteiger partial charge in [-0.1, -0.05) is 19.1 Å². The average molecular weight is 405 g/mol. The third-order valence-electron chi connectivity index (χ3n) is 4.69. The summed E-state index contributed by atoms with van der Waals surface area (Å²) >= 11 is 0.657. The van der Waals surface area contributed by atoms with E-state index in [0.29, 0.717) is 42.1 Å². The van der Waals surface area contributed by atoms with Crippen molar-refractivity contribution in [2.75, 3.05) is 43.9 Å². The average Bonchev–Trinajstić information content (AvgIpc) is 2.65. The van der Waals surface area contributed by atoms with Crippen molar-refractivity contribution >= 4 is 23.5 Å². The van der Waals surface area contributed by atoms with Gasteiger partial charge in [0.2, 0.25) is 0 Å². The lowest BCUT2D eigenvalue weighted by atomic mass is 9.95. The zero-order valence-corrected chi connectivity index (χ0v) is 16.4. The lowest BCUT2D eigenvalue weighted by molar-refractivity contribution is -0.105. The summed E-state index contributed by atoms with van der Waals surface area (Å²) < 4.78 is 42.8. The Bertz CT molecular complexity index is 624. The third-order valence-corrected chi connectivity index (χ3v) is 5.83. The predicted molar refractivity (Wildman–Crippen MR) is 101 cm³/mol.